The second-order valence-corrected chi connectivity index (χ2v) is 7.73. The van der Waals surface area contributed by atoms with Crippen LogP contribution in [0.5, 0.6) is 5.75 Å². The highest BCUT2D eigenvalue weighted by atomic mass is 35.5. The average Bonchev–Trinajstić information content (AvgIpc) is 3.04. The van der Waals surface area contributed by atoms with Crippen molar-refractivity contribution in [1.82, 2.24) is 9.55 Å². The molecule has 5 rings (SSSR count). The Morgan fingerprint density at radius 2 is 1.65 bits per heavy atom. The molecule has 156 valence electrons. The zero-order valence-electron chi connectivity index (χ0n) is 17.9. The monoisotopic (exact) mass is 428 g/mol. The van der Waals surface area contributed by atoms with Crippen LogP contribution in [-0.2, 0) is 6.54 Å². The fourth-order valence-electron chi connectivity index (χ4n) is 4.37. The van der Waals surface area contributed by atoms with Gasteiger partial charge in [0.25, 0.3) is 0 Å². The number of hydrogen-bond donors (Lipinski definition) is 0. The van der Waals surface area contributed by atoms with Crippen LogP contribution in [-0.4, -0.2) is 16.7 Å². The Kier molecular flexibility index (Phi) is 5.71. The molecule has 31 heavy (non-hydrogen) atoms. The Labute approximate surface area is 188 Å². The highest BCUT2D eigenvalue weighted by Gasteiger charge is 2.18. The van der Waals surface area contributed by atoms with E-state index in [9.17, 15) is 0 Å². The highest BCUT2D eigenvalue weighted by molar-refractivity contribution is 6.04. The van der Waals surface area contributed by atoms with Crippen molar-refractivity contribution >= 4 is 34.1 Å². The number of nitrogens with zero attached hydrogens (tertiary/aromatic N) is 2. The third-order valence-electron chi connectivity index (χ3n) is 6.07. The average molecular weight is 429 g/mol. The number of aromatic nitrogens is 2. The normalized spacial score (nSPS) is 10.9. The fourth-order valence-corrected chi connectivity index (χ4v) is 4.37. The molecule has 0 aliphatic heterocycles. The first kappa shape index (κ1) is 21.0. The Balaban J connectivity index is 0.00000231. The molecule has 3 nitrogen and oxygen atoms in total. The van der Waals surface area contributed by atoms with E-state index in [-0.39, 0.29) is 12.4 Å². The van der Waals surface area contributed by atoms with Crippen molar-refractivity contribution in [2.75, 3.05) is 7.11 Å². The quantitative estimate of drug-likeness (QED) is 0.309. The molecule has 0 fully saturated rings. The summed E-state index contributed by atoms with van der Waals surface area (Å²) in [5, 5.41) is 3.71. The van der Waals surface area contributed by atoms with Gasteiger partial charge in [0, 0.05) is 29.4 Å². The van der Waals surface area contributed by atoms with Gasteiger partial charge in [-0.1, -0.05) is 54.6 Å². The maximum atomic E-state index is 5.44. The van der Waals surface area contributed by atoms with Gasteiger partial charge < -0.3 is 9.30 Å². The number of halogens is 1. The van der Waals surface area contributed by atoms with Gasteiger partial charge in [0.1, 0.15) is 5.75 Å². The van der Waals surface area contributed by atoms with E-state index in [1.54, 1.807) is 7.11 Å². The lowest BCUT2D eigenvalue weighted by molar-refractivity contribution is 0.414. The number of rotatable bonds is 4. The van der Waals surface area contributed by atoms with Crippen molar-refractivity contribution in [2.45, 2.75) is 20.4 Å². The number of hydrogen-bond acceptors (Lipinski definition) is 2. The van der Waals surface area contributed by atoms with Gasteiger partial charge in [-0.25, -0.2) is 0 Å². The first-order chi connectivity index (χ1) is 14.7. The van der Waals surface area contributed by atoms with E-state index in [0.29, 0.717) is 0 Å². The topological polar surface area (TPSA) is 27.1 Å². The Bertz CT molecular complexity index is 1380. The minimum Gasteiger partial charge on any atom is -0.497 e. The maximum absolute atomic E-state index is 5.44. The SMILES string of the molecule is COc1cccc(Cn2c(C)c(C)c3ccnc(-c4cccc5ccccc45)c32)c1.Cl. The third-order valence-corrected chi connectivity index (χ3v) is 6.07. The van der Waals surface area contributed by atoms with Gasteiger partial charge >= 0.3 is 0 Å². The van der Waals surface area contributed by atoms with Crippen LogP contribution in [0.15, 0.2) is 79.0 Å². The zero-order valence-corrected chi connectivity index (χ0v) is 18.7. The summed E-state index contributed by atoms with van der Waals surface area (Å²) in [7, 11) is 1.71. The number of pyridine rings is 1. The van der Waals surface area contributed by atoms with Gasteiger partial charge in [-0.3, -0.25) is 4.98 Å². The molecule has 2 heterocycles. The van der Waals surface area contributed by atoms with Gasteiger partial charge in [-0.2, -0.15) is 0 Å². The van der Waals surface area contributed by atoms with E-state index in [2.05, 4.69) is 79.1 Å². The van der Waals surface area contributed by atoms with Gasteiger partial charge in [-0.05, 0) is 53.9 Å². The lowest BCUT2D eigenvalue weighted by Gasteiger charge is -2.13. The smallest absolute Gasteiger partial charge is 0.119 e. The first-order valence-corrected chi connectivity index (χ1v) is 10.2. The summed E-state index contributed by atoms with van der Waals surface area (Å²) in [6.07, 6.45) is 1.93. The van der Waals surface area contributed by atoms with E-state index < -0.39 is 0 Å². The molecule has 0 atom stereocenters. The lowest BCUT2D eigenvalue weighted by atomic mass is 10.0. The van der Waals surface area contributed by atoms with Crippen molar-refractivity contribution < 1.29 is 4.74 Å². The van der Waals surface area contributed by atoms with Crippen LogP contribution >= 0.6 is 12.4 Å². The summed E-state index contributed by atoms with van der Waals surface area (Å²) in [6, 6.07) is 25.4. The summed E-state index contributed by atoms with van der Waals surface area (Å²) < 4.78 is 7.83. The maximum Gasteiger partial charge on any atom is 0.119 e. The molecule has 0 spiro atoms. The van der Waals surface area contributed by atoms with Crippen molar-refractivity contribution in [1.29, 1.82) is 0 Å². The zero-order chi connectivity index (χ0) is 20.7. The summed E-state index contributed by atoms with van der Waals surface area (Å²) >= 11 is 0. The van der Waals surface area contributed by atoms with E-state index >= 15 is 0 Å². The molecule has 0 amide bonds. The van der Waals surface area contributed by atoms with E-state index in [4.69, 9.17) is 9.72 Å². The second-order valence-electron chi connectivity index (χ2n) is 7.73. The van der Waals surface area contributed by atoms with Crippen LogP contribution in [0.1, 0.15) is 16.8 Å². The van der Waals surface area contributed by atoms with E-state index in [1.165, 1.54) is 44.1 Å². The third kappa shape index (κ3) is 3.55. The molecular weight excluding hydrogens is 404 g/mol. The van der Waals surface area contributed by atoms with Crippen molar-refractivity contribution in [3.05, 3.63) is 95.8 Å². The van der Waals surface area contributed by atoms with E-state index in [1.807, 2.05) is 18.3 Å². The first-order valence-electron chi connectivity index (χ1n) is 10.2. The predicted molar refractivity (Wildman–Crippen MR) is 131 cm³/mol. The summed E-state index contributed by atoms with van der Waals surface area (Å²) in [6.45, 7) is 5.17. The van der Waals surface area contributed by atoms with Crippen molar-refractivity contribution in [2.24, 2.45) is 0 Å². The Morgan fingerprint density at radius 1 is 0.871 bits per heavy atom. The van der Waals surface area contributed by atoms with Crippen LogP contribution in [0.4, 0.5) is 0 Å². The van der Waals surface area contributed by atoms with Gasteiger partial charge in [-0.15, -0.1) is 12.4 Å². The molecule has 3 aromatic carbocycles. The molecule has 0 saturated carbocycles. The van der Waals surface area contributed by atoms with Crippen LogP contribution in [0.25, 0.3) is 32.9 Å². The minimum atomic E-state index is 0. The summed E-state index contributed by atoms with van der Waals surface area (Å²) in [5.41, 5.74) is 7.17. The number of ether oxygens (including phenoxy) is 1. The highest BCUT2D eigenvalue weighted by Crippen LogP contribution is 2.36. The predicted octanol–water partition coefficient (Wildman–Crippen LogP) is 6.95. The van der Waals surface area contributed by atoms with Gasteiger partial charge in [0.15, 0.2) is 0 Å². The second kappa shape index (κ2) is 8.44. The molecule has 0 aliphatic carbocycles. The van der Waals surface area contributed by atoms with Gasteiger partial charge in [0.2, 0.25) is 0 Å². The number of aryl methyl sites for hydroxylation is 1. The van der Waals surface area contributed by atoms with E-state index in [0.717, 1.165) is 18.0 Å². The summed E-state index contributed by atoms with van der Waals surface area (Å²) in [4.78, 5) is 4.87. The molecule has 0 radical (unpaired) electrons. The Morgan fingerprint density at radius 3 is 2.48 bits per heavy atom. The largest absolute Gasteiger partial charge is 0.497 e. The van der Waals surface area contributed by atoms with Gasteiger partial charge in [0.05, 0.1) is 18.3 Å². The molecule has 5 aromatic rings. The summed E-state index contributed by atoms with van der Waals surface area (Å²) in [5.74, 6) is 0.880. The number of benzene rings is 3. The molecule has 0 aliphatic rings. The fraction of sp³-hybridized carbons (Fsp3) is 0.148. The van der Waals surface area contributed by atoms with Crippen molar-refractivity contribution in [3.63, 3.8) is 0 Å². The number of fused-ring (bicyclic) bond motifs is 2. The molecule has 0 saturated heterocycles. The lowest BCUT2D eigenvalue weighted by Crippen LogP contribution is -2.04. The van der Waals surface area contributed by atoms with Crippen LogP contribution in [0.2, 0.25) is 0 Å². The van der Waals surface area contributed by atoms with Crippen LogP contribution in [0, 0.1) is 13.8 Å². The van der Waals surface area contributed by atoms with Crippen molar-refractivity contribution in [3.8, 4) is 17.0 Å². The Hall–Kier alpha value is -3.30. The molecular formula is C27H25ClN2O. The molecule has 0 N–H and O–H groups in total. The molecule has 0 bridgehead atoms. The minimum absolute atomic E-state index is 0. The van der Waals surface area contributed by atoms with Crippen LogP contribution < -0.4 is 4.74 Å². The van der Waals surface area contributed by atoms with Crippen LogP contribution in [0.3, 0.4) is 0 Å². The number of methoxy groups -OCH3 is 1. The molecule has 4 heteroatoms. The standard InChI is InChI=1S/C27H24N2O.ClH/c1-18-19(2)29(17-20-8-6-11-22(16-20)30-3)27-23(18)14-15-28-26(27)25-13-7-10-21-9-4-5-12-24(21)25;/h4-16H,17H2,1-3H3;1H. The molecule has 2 aromatic heterocycles. The molecule has 0 unspecified atom stereocenters.